The Balaban J connectivity index is 2.22. The summed E-state index contributed by atoms with van der Waals surface area (Å²) >= 11 is 0. The summed E-state index contributed by atoms with van der Waals surface area (Å²) in [5.74, 6) is 0.374. The number of hydrogen-bond acceptors (Lipinski definition) is 2. The van der Waals surface area contributed by atoms with Gasteiger partial charge in [0.25, 0.3) is 0 Å². The first-order valence-corrected chi connectivity index (χ1v) is 6.94. The van der Waals surface area contributed by atoms with Crippen molar-refractivity contribution in [3.8, 4) is 0 Å². The fourth-order valence-corrected chi connectivity index (χ4v) is 2.26. The van der Waals surface area contributed by atoms with Crippen LogP contribution in [-0.2, 0) is 0 Å². The highest BCUT2D eigenvalue weighted by Crippen LogP contribution is 2.16. The zero-order chi connectivity index (χ0) is 13.4. The van der Waals surface area contributed by atoms with Crippen molar-refractivity contribution in [2.75, 3.05) is 19.7 Å². The lowest BCUT2D eigenvalue weighted by Gasteiger charge is -2.32. The molecule has 1 fully saturated rings. The molecule has 1 saturated heterocycles. The summed E-state index contributed by atoms with van der Waals surface area (Å²) in [5, 5.41) is 12.1. The van der Waals surface area contributed by atoms with E-state index < -0.39 is 0 Å². The molecular formula is C14H26N2O2. The highest BCUT2D eigenvalue weighted by molar-refractivity contribution is 5.74. The third-order valence-corrected chi connectivity index (χ3v) is 3.58. The number of aliphatic hydroxyl groups excluding tert-OH is 1. The molecule has 0 aliphatic carbocycles. The zero-order valence-electron chi connectivity index (χ0n) is 11.4. The molecule has 0 bridgehead atoms. The average molecular weight is 254 g/mol. The third kappa shape index (κ3) is 5.08. The lowest BCUT2D eigenvalue weighted by Crippen LogP contribution is -2.47. The smallest absolute Gasteiger partial charge is 0.317 e. The molecule has 1 heterocycles. The second-order valence-corrected chi connectivity index (χ2v) is 5.18. The summed E-state index contributed by atoms with van der Waals surface area (Å²) in [6, 6.07) is 0.255. The van der Waals surface area contributed by atoms with Crippen molar-refractivity contribution in [3.63, 3.8) is 0 Å². The number of hydrogen-bond donors (Lipinski definition) is 2. The van der Waals surface area contributed by atoms with Crippen molar-refractivity contribution in [1.82, 2.24) is 10.2 Å². The molecule has 1 rings (SSSR count). The number of likely N-dealkylation sites (tertiary alicyclic amines) is 1. The molecule has 0 aromatic carbocycles. The maximum absolute atomic E-state index is 12.0. The number of rotatable bonds is 6. The molecule has 1 atom stereocenters. The molecule has 0 aromatic heterocycles. The SMILES string of the molecule is C=CCCC[C@H](C)NC(=O)N1CCC(CO)CC1. The number of piperidine rings is 1. The summed E-state index contributed by atoms with van der Waals surface area (Å²) in [7, 11) is 0. The van der Waals surface area contributed by atoms with Crippen LogP contribution >= 0.6 is 0 Å². The first kappa shape index (κ1) is 15.0. The number of nitrogens with one attached hydrogen (secondary N) is 1. The zero-order valence-corrected chi connectivity index (χ0v) is 11.4. The Morgan fingerprint density at radius 2 is 2.22 bits per heavy atom. The van der Waals surface area contributed by atoms with E-state index >= 15 is 0 Å². The number of carbonyl (C=O) groups is 1. The van der Waals surface area contributed by atoms with E-state index in [9.17, 15) is 4.79 Å². The summed E-state index contributed by atoms with van der Waals surface area (Å²) in [6.07, 6.45) is 6.79. The van der Waals surface area contributed by atoms with E-state index in [-0.39, 0.29) is 18.7 Å². The fraction of sp³-hybridized carbons (Fsp3) is 0.786. The van der Waals surface area contributed by atoms with Gasteiger partial charge in [0.1, 0.15) is 0 Å². The van der Waals surface area contributed by atoms with E-state index in [1.54, 1.807) is 0 Å². The molecule has 2 N–H and O–H groups in total. The largest absolute Gasteiger partial charge is 0.396 e. The normalized spacial score (nSPS) is 18.4. The fourth-order valence-electron chi connectivity index (χ4n) is 2.26. The molecule has 4 nitrogen and oxygen atoms in total. The average Bonchev–Trinajstić information content (AvgIpc) is 2.39. The van der Waals surface area contributed by atoms with Crippen LogP contribution in [0.3, 0.4) is 0 Å². The van der Waals surface area contributed by atoms with Crippen LogP contribution in [0.1, 0.15) is 39.0 Å². The predicted octanol–water partition coefficient (Wildman–Crippen LogP) is 2.15. The number of aliphatic hydroxyl groups is 1. The Bertz CT molecular complexity index is 261. The van der Waals surface area contributed by atoms with Gasteiger partial charge in [0.05, 0.1) is 0 Å². The number of amides is 2. The van der Waals surface area contributed by atoms with Gasteiger partial charge >= 0.3 is 6.03 Å². The minimum absolute atomic E-state index is 0.0393. The molecule has 2 amide bonds. The lowest BCUT2D eigenvalue weighted by molar-refractivity contribution is 0.135. The lowest BCUT2D eigenvalue weighted by atomic mass is 9.98. The molecule has 0 unspecified atom stereocenters. The second kappa shape index (κ2) is 8.14. The number of unbranched alkanes of at least 4 members (excludes halogenated alkanes) is 1. The molecule has 18 heavy (non-hydrogen) atoms. The van der Waals surface area contributed by atoms with Crippen molar-refractivity contribution in [1.29, 1.82) is 0 Å². The van der Waals surface area contributed by atoms with Crippen molar-refractivity contribution >= 4 is 6.03 Å². The summed E-state index contributed by atoms with van der Waals surface area (Å²) in [6.45, 7) is 7.50. The molecule has 0 saturated carbocycles. The molecule has 0 spiro atoms. The van der Waals surface area contributed by atoms with Crippen LogP contribution in [0.4, 0.5) is 4.79 Å². The monoisotopic (exact) mass is 254 g/mol. The van der Waals surface area contributed by atoms with Crippen LogP contribution in [-0.4, -0.2) is 41.8 Å². The van der Waals surface area contributed by atoms with Gasteiger partial charge in [0.2, 0.25) is 0 Å². The van der Waals surface area contributed by atoms with Crippen molar-refractivity contribution in [2.24, 2.45) is 5.92 Å². The van der Waals surface area contributed by atoms with E-state index in [2.05, 4.69) is 11.9 Å². The Morgan fingerprint density at radius 1 is 1.56 bits per heavy atom. The molecule has 104 valence electrons. The van der Waals surface area contributed by atoms with Crippen LogP contribution < -0.4 is 5.32 Å². The van der Waals surface area contributed by atoms with Gasteiger partial charge in [0, 0.05) is 25.7 Å². The second-order valence-electron chi connectivity index (χ2n) is 5.18. The molecule has 1 aliphatic rings. The third-order valence-electron chi connectivity index (χ3n) is 3.58. The van der Waals surface area contributed by atoms with E-state index in [1.165, 1.54) is 0 Å². The topological polar surface area (TPSA) is 52.6 Å². The standard InChI is InChI=1S/C14H26N2O2/c1-3-4-5-6-12(2)15-14(18)16-9-7-13(11-17)8-10-16/h3,12-13,17H,1,4-11H2,2H3,(H,15,18)/t12-/m0/s1. The molecule has 4 heteroatoms. The van der Waals surface area contributed by atoms with Crippen molar-refractivity contribution < 1.29 is 9.90 Å². The van der Waals surface area contributed by atoms with E-state index in [0.717, 1.165) is 45.2 Å². The molecule has 0 aromatic rings. The van der Waals surface area contributed by atoms with Crippen LogP contribution in [0, 0.1) is 5.92 Å². The molecular weight excluding hydrogens is 228 g/mol. The van der Waals surface area contributed by atoms with Gasteiger partial charge < -0.3 is 15.3 Å². The number of carbonyl (C=O) groups excluding carboxylic acids is 1. The van der Waals surface area contributed by atoms with E-state index in [1.807, 2.05) is 17.9 Å². The van der Waals surface area contributed by atoms with Gasteiger partial charge in [-0.25, -0.2) is 4.79 Å². The van der Waals surface area contributed by atoms with Gasteiger partial charge in [-0.2, -0.15) is 0 Å². The number of nitrogens with zero attached hydrogens (tertiary/aromatic N) is 1. The van der Waals surface area contributed by atoms with Crippen molar-refractivity contribution in [2.45, 2.75) is 45.1 Å². The Kier molecular flexibility index (Phi) is 6.80. The maximum Gasteiger partial charge on any atom is 0.317 e. The highest BCUT2D eigenvalue weighted by Gasteiger charge is 2.22. The number of urea groups is 1. The van der Waals surface area contributed by atoms with Crippen LogP contribution in [0.2, 0.25) is 0 Å². The summed E-state index contributed by atoms with van der Waals surface area (Å²) < 4.78 is 0. The molecule has 1 aliphatic heterocycles. The van der Waals surface area contributed by atoms with Gasteiger partial charge in [-0.15, -0.1) is 6.58 Å². The molecule has 0 radical (unpaired) electrons. The van der Waals surface area contributed by atoms with Gasteiger partial charge in [0.15, 0.2) is 0 Å². The predicted molar refractivity (Wildman–Crippen MR) is 73.4 cm³/mol. The van der Waals surface area contributed by atoms with Crippen LogP contribution in [0.25, 0.3) is 0 Å². The van der Waals surface area contributed by atoms with Gasteiger partial charge in [-0.1, -0.05) is 6.08 Å². The summed E-state index contributed by atoms with van der Waals surface area (Å²) in [4.78, 5) is 13.8. The first-order chi connectivity index (χ1) is 8.67. The minimum Gasteiger partial charge on any atom is -0.396 e. The van der Waals surface area contributed by atoms with Crippen LogP contribution in [0.15, 0.2) is 12.7 Å². The minimum atomic E-state index is 0.0393. The Labute approximate surface area is 110 Å². The number of allylic oxidation sites excluding steroid dienone is 1. The maximum atomic E-state index is 12.0. The highest BCUT2D eigenvalue weighted by atomic mass is 16.3. The summed E-state index contributed by atoms with van der Waals surface area (Å²) in [5.41, 5.74) is 0. The first-order valence-electron chi connectivity index (χ1n) is 6.94. The Morgan fingerprint density at radius 3 is 2.78 bits per heavy atom. The van der Waals surface area contributed by atoms with E-state index in [4.69, 9.17) is 5.11 Å². The quantitative estimate of drug-likeness (QED) is 0.563. The van der Waals surface area contributed by atoms with Crippen LogP contribution in [0.5, 0.6) is 0 Å². The van der Waals surface area contributed by atoms with Gasteiger partial charge in [-0.05, 0) is 44.9 Å². The Hall–Kier alpha value is -1.03. The van der Waals surface area contributed by atoms with E-state index in [0.29, 0.717) is 5.92 Å². The van der Waals surface area contributed by atoms with Crippen molar-refractivity contribution in [3.05, 3.63) is 12.7 Å². The van der Waals surface area contributed by atoms with Gasteiger partial charge in [-0.3, -0.25) is 0 Å².